The van der Waals surface area contributed by atoms with E-state index in [0.29, 0.717) is 6.61 Å². The SMILES string of the molecule is CCOC(=O)C(C)Nc1ccccc1C(C)(C)C. The second-order valence-electron chi connectivity index (χ2n) is 5.41. The van der Waals surface area contributed by atoms with E-state index < -0.39 is 0 Å². The topological polar surface area (TPSA) is 38.3 Å². The monoisotopic (exact) mass is 249 g/mol. The molecule has 0 saturated heterocycles. The number of benzene rings is 1. The highest BCUT2D eigenvalue weighted by Crippen LogP contribution is 2.29. The van der Waals surface area contributed by atoms with Gasteiger partial charge in [-0.15, -0.1) is 0 Å². The number of hydrogen-bond donors (Lipinski definition) is 1. The predicted molar refractivity (Wildman–Crippen MR) is 74.9 cm³/mol. The Balaban J connectivity index is 2.88. The smallest absolute Gasteiger partial charge is 0.328 e. The molecule has 0 spiro atoms. The number of carbonyl (C=O) groups excluding carboxylic acids is 1. The fraction of sp³-hybridized carbons (Fsp3) is 0.533. The molecule has 0 amide bonds. The summed E-state index contributed by atoms with van der Waals surface area (Å²) >= 11 is 0. The molecule has 0 heterocycles. The standard InChI is InChI=1S/C15H23NO2/c1-6-18-14(17)11(2)16-13-10-8-7-9-12(13)15(3,4)5/h7-11,16H,6H2,1-5H3. The van der Waals surface area contributed by atoms with Gasteiger partial charge < -0.3 is 10.1 Å². The Hall–Kier alpha value is -1.51. The van der Waals surface area contributed by atoms with Crippen molar-refractivity contribution in [1.82, 2.24) is 0 Å². The van der Waals surface area contributed by atoms with Crippen LogP contribution in [0.4, 0.5) is 5.69 Å². The lowest BCUT2D eigenvalue weighted by Gasteiger charge is -2.25. The molecule has 18 heavy (non-hydrogen) atoms. The maximum absolute atomic E-state index is 11.6. The first-order valence-corrected chi connectivity index (χ1v) is 6.39. The number of ether oxygens (including phenoxy) is 1. The molecule has 0 aliphatic rings. The van der Waals surface area contributed by atoms with E-state index in [1.54, 1.807) is 0 Å². The lowest BCUT2D eigenvalue weighted by atomic mass is 9.85. The van der Waals surface area contributed by atoms with Gasteiger partial charge in [0, 0.05) is 5.69 Å². The Bertz CT molecular complexity index is 407. The molecule has 1 atom stereocenters. The Morgan fingerprint density at radius 1 is 1.33 bits per heavy atom. The van der Waals surface area contributed by atoms with Crippen molar-refractivity contribution < 1.29 is 9.53 Å². The van der Waals surface area contributed by atoms with Crippen LogP contribution >= 0.6 is 0 Å². The van der Waals surface area contributed by atoms with E-state index in [0.717, 1.165) is 5.69 Å². The highest BCUT2D eigenvalue weighted by molar-refractivity contribution is 5.79. The number of anilines is 1. The van der Waals surface area contributed by atoms with Gasteiger partial charge in [0.15, 0.2) is 0 Å². The van der Waals surface area contributed by atoms with Gasteiger partial charge in [0.2, 0.25) is 0 Å². The molecular formula is C15H23NO2. The zero-order valence-electron chi connectivity index (χ0n) is 11.9. The first-order chi connectivity index (χ1) is 8.36. The molecule has 1 aromatic carbocycles. The summed E-state index contributed by atoms with van der Waals surface area (Å²) in [5.41, 5.74) is 2.23. The van der Waals surface area contributed by atoms with Gasteiger partial charge in [0.25, 0.3) is 0 Å². The summed E-state index contributed by atoms with van der Waals surface area (Å²) in [6, 6.07) is 7.72. The Kier molecular flexibility index (Phi) is 4.76. The van der Waals surface area contributed by atoms with Crippen molar-refractivity contribution in [3.05, 3.63) is 29.8 Å². The van der Waals surface area contributed by atoms with Crippen LogP contribution in [0.1, 0.15) is 40.2 Å². The lowest BCUT2D eigenvalue weighted by molar-refractivity contribution is -0.143. The Morgan fingerprint density at radius 2 is 1.94 bits per heavy atom. The summed E-state index contributed by atoms with van der Waals surface area (Å²) < 4.78 is 5.00. The highest BCUT2D eigenvalue weighted by Gasteiger charge is 2.20. The second-order valence-corrected chi connectivity index (χ2v) is 5.41. The van der Waals surface area contributed by atoms with Crippen molar-refractivity contribution in [3.8, 4) is 0 Å². The summed E-state index contributed by atoms with van der Waals surface area (Å²) in [5, 5.41) is 3.23. The Morgan fingerprint density at radius 3 is 2.50 bits per heavy atom. The average Bonchev–Trinajstić information content (AvgIpc) is 2.28. The third kappa shape index (κ3) is 3.76. The van der Waals surface area contributed by atoms with E-state index in [4.69, 9.17) is 4.74 Å². The molecule has 1 aromatic rings. The van der Waals surface area contributed by atoms with E-state index >= 15 is 0 Å². The summed E-state index contributed by atoms with van der Waals surface area (Å²) in [7, 11) is 0. The third-order valence-electron chi connectivity index (χ3n) is 2.75. The van der Waals surface area contributed by atoms with E-state index in [2.05, 4.69) is 32.2 Å². The van der Waals surface area contributed by atoms with E-state index in [9.17, 15) is 4.79 Å². The molecule has 0 saturated carbocycles. The van der Waals surface area contributed by atoms with Gasteiger partial charge in [-0.1, -0.05) is 39.0 Å². The molecule has 1 unspecified atom stereocenters. The van der Waals surface area contributed by atoms with Crippen LogP contribution in [0, 0.1) is 0 Å². The van der Waals surface area contributed by atoms with Crippen molar-refractivity contribution in [2.45, 2.75) is 46.1 Å². The minimum absolute atomic E-state index is 0.0397. The minimum Gasteiger partial charge on any atom is -0.464 e. The number of nitrogens with one attached hydrogen (secondary N) is 1. The van der Waals surface area contributed by atoms with Gasteiger partial charge in [-0.25, -0.2) is 4.79 Å². The quantitative estimate of drug-likeness (QED) is 0.832. The molecule has 0 aliphatic carbocycles. The first-order valence-electron chi connectivity index (χ1n) is 6.39. The van der Waals surface area contributed by atoms with Crippen molar-refractivity contribution in [3.63, 3.8) is 0 Å². The second kappa shape index (κ2) is 5.89. The van der Waals surface area contributed by atoms with Crippen LogP contribution in [0.25, 0.3) is 0 Å². The molecule has 3 nitrogen and oxygen atoms in total. The van der Waals surface area contributed by atoms with Crippen LogP contribution in [-0.4, -0.2) is 18.6 Å². The van der Waals surface area contributed by atoms with Crippen LogP contribution < -0.4 is 5.32 Å². The summed E-state index contributed by atoms with van der Waals surface area (Å²) in [5.74, 6) is -0.221. The van der Waals surface area contributed by atoms with Crippen molar-refractivity contribution in [1.29, 1.82) is 0 Å². The van der Waals surface area contributed by atoms with Crippen molar-refractivity contribution in [2.75, 3.05) is 11.9 Å². The fourth-order valence-electron chi connectivity index (χ4n) is 1.82. The number of carbonyl (C=O) groups is 1. The Labute approximate surface area is 110 Å². The summed E-state index contributed by atoms with van der Waals surface area (Å²) in [4.78, 5) is 11.6. The number of esters is 1. The van der Waals surface area contributed by atoms with Crippen molar-refractivity contribution in [2.24, 2.45) is 0 Å². The molecule has 3 heteroatoms. The average molecular weight is 249 g/mol. The lowest BCUT2D eigenvalue weighted by Crippen LogP contribution is -2.29. The van der Waals surface area contributed by atoms with Crippen LogP contribution in [0.3, 0.4) is 0 Å². The molecule has 1 N–H and O–H groups in total. The normalized spacial score (nSPS) is 12.9. The van der Waals surface area contributed by atoms with Crippen molar-refractivity contribution >= 4 is 11.7 Å². The zero-order chi connectivity index (χ0) is 13.8. The maximum Gasteiger partial charge on any atom is 0.328 e. The molecule has 0 bridgehead atoms. The summed E-state index contributed by atoms with van der Waals surface area (Å²) in [6.45, 7) is 10.5. The van der Waals surface area contributed by atoms with Gasteiger partial charge in [-0.05, 0) is 30.9 Å². The van der Waals surface area contributed by atoms with Gasteiger partial charge in [-0.2, -0.15) is 0 Å². The van der Waals surface area contributed by atoms with Crippen LogP contribution in [0.5, 0.6) is 0 Å². The number of hydrogen-bond acceptors (Lipinski definition) is 3. The molecule has 1 rings (SSSR count). The number of para-hydroxylation sites is 1. The fourth-order valence-corrected chi connectivity index (χ4v) is 1.82. The van der Waals surface area contributed by atoms with E-state index in [1.807, 2.05) is 32.0 Å². The maximum atomic E-state index is 11.6. The van der Waals surface area contributed by atoms with Gasteiger partial charge in [0.1, 0.15) is 6.04 Å². The van der Waals surface area contributed by atoms with Gasteiger partial charge in [-0.3, -0.25) is 0 Å². The van der Waals surface area contributed by atoms with Crippen LogP contribution in [0.2, 0.25) is 0 Å². The molecule has 0 aliphatic heterocycles. The molecule has 0 aromatic heterocycles. The van der Waals surface area contributed by atoms with Gasteiger partial charge in [0.05, 0.1) is 6.61 Å². The molecule has 0 radical (unpaired) electrons. The predicted octanol–water partition coefficient (Wildman–Crippen LogP) is 3.35. The molecular weight excluding hydrogens is 226 g/mol. The van der Waals surface area contributed by atoms with E-state index in [1.165, 1.54) is 5.56 Å². The molecule has 100 valence electrons. The zero-order valence-corrected chi connectivity index (χ0v) is 11.9. The largest absolute Gasteiger partial charge is 0.464 e. The number of rotatable bonds is 4. The highest BCUT2D eigenvalue weighted by atomic mass is 16.5. The minimum atomic E-state index is -0.339. The van der Waals surface area contributed by atoms with Crippen LogP contribution in [-0.2, 0) is 14.9 Å². The molecule has 0 fully saturated rings. The third-order valence-corrected chi connectivity index (χ3v) is 2.75. The van der Waals surface area contributed by atoms with E-state index in [-0.39, 0.29) is 17.4 Å². The van der Waals surface area contributed by atoms with Crippen LogP contribution in [0.15, 0.2) is 24.3 Å². The first kappa shape index (κ1) is 14.6. The van der Waals surface area contributed by atoms with Gasteiger partial charge >= 0.3 is 5.97 Å². The summed E-state index contributed by atoms with van der Waals surface area (Å²) in [6.07, 6.45) is 0.